The van der Waals surface area contributed by atoms with E-state index in [0.717, 1.165) is 50.4 Å². The van der Waals surface area contributed by atoms with Crippen LogP contribution in [0.1, 0.15) is 50.5 Å². The average Bonchev–Trinajstić information content (AvgIpc) is 3.27. The first-order valence-electron chi connectivity index (χ1n) is 9.86. The van der Waals surface area contributed by atoms with Gasteiger partial charge >= 0.3 is 5.97 Å². The number of nitrogens with zero attached hydrogens (tertiary/aromatic N) is 3. The number of aromatic nitrogens is 2. The second-order valence-corrected chi connectivity index (χ2v) is 7.19. The number of benzene rings is 1. The van der Waals surface area contributed by atoms with Crippen LogP contribution in [0.3, 0.4) is 0 Å². The van der Waals surface area contributed by atoms with Gasteiger partial charge in [-0.2, -0.15) is 0 Å². The van der Waals surface area contributed by atoms with Crippen LogP contribution in [0.15, 0.2) is 36.9 Å². The lowest BCUT2D eigenvalue weighted by Gasteiger charge is -2.17. The van der Waals surface area contributed by atoms with Crippen LogP contribution >= 0.6 is 0 Å². The molecule has 1 aromatic heterocycles. The number of unbranched alkanes of at least 4 members (excludes halogenated alkanes) is 2. The molecule has 3 rings (SSSR count). The lowest BCUT2D eigenvalue weighted by Crippen LogP contribution is -2.28. The van der Waals surface area contributed by atoms with Gasteiger partial charge in [-0.1, -0.05) is 19.8 Å². The van der Waals surface area contributed by atoms with Crippen LogP contribution in [0.2, 0.25) is 0 Å². The molecule has 0 aliphatic carbocycles. The summed E-state index contributed by atoms with van der Waals surface area (Å²) in [5, 5.41) is 9.23. The molecule has 0 spiro atoms. The van der Waals surface area contributed by atoms with Gasteiger partial charge in [-0.25, -0.2) is 4.98 Å². The molecule has 27 heavy (non-hydrogen) atoms. The lowest BCUT2D eigenvalue weighted by molar-refractivity contribution is -0.135. The van der Waals surface area contributed by atoms with Crippen LogP contribution in [0, 0.1) is 0 Å². The molecule has 0 fully saturated rings. The molecule has 2 aromatic rings. The van der Waals surface area contributed by atoms with E-state index in [-0.39, 0.29) is 6.54 Å². The van der Waals surface area contributed by atoms with Gasteiger partial charge in [-0.05, 0) is 43.0 Å². The molecule has 0 radical (unpaired) electrons. The first-order chi connectivity index (χ1) is 13.2. The van der Waals surface area contributed by atoms with Crippen LogP contribution in [-0.2, 0) is 11.3 Å². The number of carboxylic acid groups (broad SMARTS) is 1. The molecule has 1 atom stereocenters. The van der Waals surface area contributed by atoms with Crippen molar-refractivity contribution in [3.63, 3.8) is 0 Å². The summed E-state index contributed by atoms with van der Waals surface area (Å²) in [6, 6.07) is 6.10. The Bertz CT molecular complexity index is 730. The molecule has 146 valence electrons. The monoisotopic (exact) mass is 371 g/mol. The second-order valence-electron chi connectivity index (χ2n) is 7.19. The van der Waals surface area contributed by atoms with Crippen molar-refractivity contribution in [2.45, 2.75) is 51.5 Å². The van der Waals surface area contributed by atoms with Crippen molar-refractivity contribution >= 4 is 11.7 Å². The molecule has 1 aliphatic heterocycles. The molecule has 0 saturated carbocycles. The smallest absolute Gasteiger partial charge is 0.323 e. The van der Waals surface area contributed by atoms with Gasteiger partial charge in [0.2, 0.25) is 0 Å². The molecule has 0 saturated heterocycles. The van der Waals surface area contributed by atoms with E-state index in [0.29, 0.717) is 5.92 Å². The predicted octanol–water partition coefficient (Wildman–Crippen LogP) is 3.92. The van der Waals surface area contributed by atoms with Gasteiger partial charge in [-0.15, -0.1) is 0 Å². The van der Waals surface area contributed by atoms with Gasteiger partial charge < -0.3 is 19.3 Å². The summed E-state index contributed by atoms with van der Waals surface area (Å²) in [7, 11) is 0. The number of carbonyl (C=O) groups is 1. The van der Waals surface area contributed by atoms with Gasteiger partial charge in [-0.3, -0.25) is 4.79 Å². The summed E-state index contributed by atoms with van der Waals surface area (Å²) in [5.74, 6) is 0.434. The van der Waals surface area contributed by atoms with Crippen molar-refractivity contribution in [2.24, 2.45) is 0 Å². The number of aryl methyl sites for hydroxylation is 1. The highest BCUT2D eigenvalue weighted by Crippen LogP contribution is 2.40. The standard InChI is InChI=1S/C21H29N3O3/c1-2-3-4-12-27-18-7-8-20-19(13-18)17(14-24(20)15-21(25)26)6-5-10-23-11-9-22-16-23/h7-9,11,13,16-17H,2-6,10,12,14-15H2,1H3,(H,25,26). The first-order valence-corrected chi connectivity index (χ1v) is 9.86. The molecule has 1 aromatic carbocycles. The number of ether oxygens (including phenoxy) is 1. The zero-order valence-corrected chi connectivity index (χ0v) is 16.0. The third kappa shape index (κ3) is 5.25. The van der Waals surface area contributed by atoms with E-state index in [9.17, 15) is 9.90 Å². The van der Waals surface area contributed by atoms with Crippen molar-refractivity contribution in [3.05, 3.63) is 42.5 Å². The molecular formula is C21H29N3O3. The number of fused-ring (bicyclic) bond motifs is 1. The summed E-state index contributed by atoms with van der Waals surface area (Å²) in [5.41, 5.74) is 2.25. The number of carboxylic acids is 1. The van der Waals surface area contributed by atoms with Gasteiger partial charge in [0.15, 0.2) is 0 Å². The highest BCUT2D eigenvalue weighted by molar-refractivity contribution is 5.76. The molecule has 1 N–H and O–H groups in total. The second kappa shape index (κ2) is 9.44. The molecule has 6 heteroatoms. The van der Waals surface area contributed by atoms with Crippen LogP contribution in [-0.4, -0.2) is 40.3 Å². The normalized spacial score (nSPS) is 15.7. The molecule has 2 heterocycles. The van der Waals surface area contributed by atoms with Gasteiger partial charge in [0, 0.05) is 37.1 Å². The van der Waals surface area contributed by atoms with Crippen LogP contribution in [0.25, 0.3) is 0 Å². The van der Waals surface area contributed by atoms with Gasteiger partial charge in [0.25, 0.3) is 0 Å². The van der Waals surface area contributed by atoms with E-state index < -0.39 is 5.97 Å². The van der Waals surface area contributed by atoms with Gasteiger partial charge in [0.05, 0.1) is 12.9 Å². The molecule has 1 aliphatic rings. The largest absolute Gasteiger partial charge is 0.494 e. The molecule has 0 amide bonds. The van der Waals surface area contributed by atoms with E-state index in [1.807, 2.05) is 29.6 Å². The number of hydrogen-bond acceptors (Lipinski definition) is 4. The molecule has 6 nitrogen and oxygen atoms in total. The Morgan fingerprint density at radius 1 is 1.33 bits per heavy atom. The SMILES string of the molecule is CCCCCOc1ccc2c(c1)C(CCCn1ccnc1)CN2CC(=O)O. The van der Waals surface area contributed by atoms with E-state index >= 15 is 0 Å². The van der Waals surface area contributed by atoms with Crippen molar-refractivity contribution in [1.29, 1.82) is 0 Å². The highest BCUT2D eigenvalue weighted by atomic mass is 16.5. The first kappa shape index (κ1) is 19.3. The lowest BCUT2D eigenvalue weighted by atomic mass is 9.96. The topological polar surface area (TPSA) is 67.6 Å². The summed E-state index contributed by atoms with van der Waals surface area (Å²) in [4.78, 5) is 17.3. The Hall–Kier alpha value is -2.50. The third-order valence-electron chi connectivity index (χ3n) is 5.09. The fourth-order valence-electron chi connectivity index (χ4n) is 3.74. The Labute approximate surface area is 160 Å². The maximum absolute atomic E-state index is 11.2. The van der Waals surface area contributed by atoms with Crippen LogP contribution in [0.4, 0.5) is 5.69 Å². The fourth-order valence-corrected chi connectivity index (χ4v) is 3.74. The Morgan fingerprint density at radius 3 is 2.96 bits per heavy atom. The average molecular weight is 371 g/mol. The zero-order chi connectivity index (χ0) is 19.1. The van der Waals surface area contributed by atoms with Crippen molar-refractivity contribution in [3.8, 4) is 5.75 Å². The zero-order valence-electron chi connectivity index (χ0n) is 16.0. The van der Waals surface area contributed by atoms with Crippen LogP contribution in [0.5, 0.6) is 5.75 Å². The Kier molecular flexibility index (Phi) is 6.74. The van der Waals surface area contributed by atoms with E-state index in [2.05, 4.69) is 22.5 Å². The summed E-state index contributed by atoms with van der Waals surface area (Å²) in [6.45, 7) is 4.64. The van der Waals surface area contributed by atoms with Crippen molar-refractivity contribution < 1.29 is 14.6 Å². The number of imidazole rings is 1. The summed E-state index contributed by atoms with van der Waals surface area (Å²) in [6.07, 6.45) is 11.1. The third-order valence-corrected chi connectivity index (χ3v) is 5.09. The number of rotatable bonds is 11. The van der Waals surface area contributed by atoms with E-state index in [1.165, 1.54) is 18.4 Å². The van der Waals surface area contributed by atoms with Crippen LogP contribution < -0.4 is 9.64 Å². The van der Waals surface area contributed by atoms with Gasteiger partial charge in [0.1, 0.15) is 12.3 Å². The maximum atomic E-state index is 11.2. The number of aliphatic carboxylic acids is 1. The predicted molar refractivity (Wildman–Crippen MR) is 106 cm³/mol. The minimum Gasteiger partial charge on any atom is -0.494 e. The molecule has 0 bridgehead atoms. The summed E-state index contributed by atoms with van der Waals surface area (Å²) >= 11 is 0. The number of anilines is 1. The number of hydrogen-bond donors (Lipinski definition) is 1. The maximum Gasteiger partial charge on any atom is 0.323 e. The highest BCUT2D eigenvalue weighted by Gasteiger charge is 2.29. The minimum atomic E-state index is -0.792. The van der Waals surface area contributed by atoms with Crippen molar-refractivity contribution in [2.75, 3.05) is 24.6 Å². The fraction of sp³-hybridized carbons (Fsp3) is 0.524. The van der Waals surface area contributed by atoms with E-state index in [4.69, 9.17) is 4.74 Å². The Morgan fingerprint density at radius 2 is 2.22 bits per heavy atom. The quantitative estimate of drug-likeness (QED) is 0.606. The minimum absolute atomic E-state index is 0.0434. The van der Waals surface area contributed by atoms with Crippen molar-refractivity contribution in [1.82, 2.24) is 9.55 Å². The van der Waals surface area contributed by atoms with E-state index in [1.54, 1.807) is 6.20 Å². The summed E-state index contributed by atoms with van der Waals surface area (Å²) < 4.78 is 8.00. The Balaban J connectivity index is 1.66. The molecular weight excluding hydrogens is 342 g/mol. The molecule has 1 unspecified atom stereocenters.